The summed E-state index contributed by atoms with van der Waals surface area (Å²) in [4.78, 5) is 0. The molecule has 1 unspecified atom stereocenters. The highest BCUT2D eigenvalue weighted by Crippen LogP contribution is 2.09. The summed E-state index contributed by atoms with van der Waals surface area (Å²) in [5, 5.41) is 9.38. The van der Waals surface area contributed by atoms with Crippen molar-refractivity contribution in [2.75, 3.05) is 27.7 Å². The van der Waals surface area contributed by atoms with Gasteiger partial charge >= 0.3 is 0 Å². The molecule has 0 saturated carbocycles. The average molecular weight is 482 g/mol. The molecule has 0 aliphatic carbocycles. The number of benzene rings is 3. The molecule has 0 bridgehead atoms. The van der Waals surface area contributed by atoms with E-state index in [2.05, 4.69) is 83.5 Å². The molecular weight excluding hydrogens is 426 g/mol. The van der Waals surface area contributed by atoms with Crippen LogP contribution in [0.2, 0.25) is 0 Å². The van der Waals surface area contributed by atoms with Crippen molar-refractivity contribution in [3.8, 4) is 0 Å². The van der Waals surface area contributed by atoms with Gasteiger partial charge in [0.1, 0.15) is 0 Å². The lowest BCUT2D eigenvalue weighted by atomic mass is 10.1. The van der Waals surface area contributed by atoms with E-state index in [1.165, 1.54) is 16.7 Å². The molecule has 3 heteroatoms. The Morgan fingerprint density at radius 3 is 1.31 bits per heavy atom. The van der Waals surface area contributed by atoms with Gasteiger partial charge in [0.05, 0.1) is 0 Å². The van der Waals surface area contributed by atoms with Crippen LogP contribution in [0.1, 0.15) is 71.2 Å². The van der Waals surface area contributed by atoms with Crippen LogP contribution in [-0.2, 0) is 13.0 Å². The molecule has 3 aromatic carbocycles. The lowest BCUT2D eigenvalue weighted by Gasteiger charge is -2.08. The summed E-state index contributed by atoms with van der Waals surface area (Å²) < 4.78 is 0. The van der Waals surface area contributed by atoms with E-state index in [1.807, 2.05) is 93.0 Å². The van der Waals surface area contributed by atoms with E-state index in [9.17, 15) is 0 Å². The Labute approximate surface area is 218 Å². The van der Waals surface area contributed by atoms with Crippen molar-refractivity contribution in [3.63, 3.8) is 0 Å². The number of nitrogens with one attached hydrogen (secondary N) is 3. The average Bonchev–Trinajstić information content (AvgIpc) is 2.97. The van der Waals surface area contributed by atoms with E-state index >= 15 is 0 Å². The molecule has 0 heterocycles. The number of rotatable bonds is 7. The number of likely N-dealkylation sites (N-methyl/N-ethyl adjacent to an activating group) is 1. The zero-order valence-corrected chi connectivity index (χ0v) is 24.4. The SMILES string of the molecule is CC.CC.CC.CNC(C)c1ccccc1.CNCCc1ccccc1.CNCc1ccccc1. The van der Waals surface area contributed by atoms with E-state index < -0.39 is 0 Å². The summed E-state index contributed by atoms with van der Waals surface area (Å²) in [6.07, 6.45) is 1.12. The smallest absolute Gasteiger partial charge is 0.0289 e. The minimum Gasteiger partial charge on any atom is -0.319 e. The molecule has 3 N–H and O–H groups in total. The molecule has 0 aromatic heterocycles. The standard InChI is InChI=1S/2C9H13N.C8H11N.3C2H6/c1-8(10-2)9-6-4-3-5-7-9;1-10-8-7-9-5-3-2-4-6-9;1-9-7-8-5-3-2-4-6-8;3*1-2/h3-8,10H,1-2H3;2-6,10H,7-8H2,1H3;2-6,9H,7H2,1H3;3*1-2H3. The first-order valence-electron chi connectivity index (χ1n) is 13.3. The molecule has 0 radical (unpaired) electrons. The lowest BCUT2D eigenvalue weighted by molar-refractivity contribution is 0.652. The van der Waals surface area contributed by atoms with E-state index in [-0.39, 0.29) is 0 Å². The van der Waals surface area contributed by atoms with Crippen LogP contribution in [0, 0.1) is 0 Å². The Morgan fingerprint density at radius 2 is 0.943 bits per heavy atom. The van der Waals surface area contributed by atoms with Crippen LogP contribution in [0.5, 0.6) is 0 Å². The maximum Gasteiger partial charge on any atom is 0.0289 e. The van der Waals surface area contributed by atoms with E-state index in [0.29, 0.717) is 6.04 Å². The minimum atomic E-state index is 0.459. The van der Waals surface area contributed by atoms with Crippen molar-refractivity contribution in [2.24, 2.45) is 0 Å². The molecule has 0 aliphatic heterocycles. The highest BCUT2D eigenvalue weighted by atomic mass is 14.8. The van der Waals surface area contributed by atoms with Gasteiger partial charge in [0.2, 0.25) is 0 Å². The fourth-order valence-corrected chi connectivity index (χ4v) is 2.62. The Balaban J connectivity index is -0.000000396. The molecule has 1 atom stereocenters. The Hall–Kier alpha value is -2.46. The molecule has 3 rings (SSSR count). The van der Waals surface area contributed by atoms with Gasteiger partial charge in [0.15, 0.2) is 0 Å². The van der Waals surface area contributed by atoms with Gasteiger partial charge in [-0.1, -0.05) is 133 Å². The number of hydrogen-bond acceptors (Lipinski definition) is 3. The van der Waals surface area contributed by atoms with Crippen molar-refractivity contribution in [3.05, 3.63) is 108 Å². The summed E-state index contributed by atoms with van der Waals surface area (Å²) in [6.45, 7) is 16.2. The molecule has 198 valence electrons. The highest BCUT2D eigenvalue weighted by molar-refractivity contribution is 5.18. The van der Waals surface area contributed by atoms with Crippen LogP contribution in [0.4, 0.5) is 0 Å². The zero-order valence-electron chi connectivity index (χ0n) is 24.4. The molecule has 0 amide bonds. The highest BCUT2D eigenvalue weighted by Gasteiger charge is 1.97. The van der Waals surface area contributed by atoms with Crippen LogP contribution in [0.25, 0.3) is 0 Å². The summed E-state index contributed by atoms with van der Waals surface area (Å²) >= 11 is 0. The Morgan fingerprint density at radius 1 is 0.543 bits per heavy atom. The van der Waals surface area contributed by atoms with Crippen molar-refractivity contribution in [2.45, 2.75) is 67.5 Å². The second kappa shape index (κ2) is 31.5. The van der Waals surface area contributed by atoms with Gasteiger partial charge in [-0.05, 0) is 57.7 Å². The predicted octanol–water partition coefficient (Wildman–Crippen LogP) is 7.90. The molecular formula is C32H55N3. The summed E-state index contributed by atoms with van der Waals surface area (Å²) in [6, 6.07) is 31.7. The van der Waals surface area contributed by atoms with Gasteiger partial charge in [-0.15, -0.1) is 0 Å². The second-order valence-corrected chi connectivity index (χ2v) is 6.78. The molecule has 0 aliphatic rings. The largest absolute Gasteiger partial charge is 0.319 e. The van der Waals surface area contributed by atoms with E-state index in [1.54, 1.807) is 0 Å². The quantitative estimate of drug-likeness (QED) is 0.321. The normalized spacial score (nSPS) is 9.43. The third-order valence-electron chi connectivity index (χ3n) is 4.46. The second-order valence-electron chi connectivity index (χ2n) is 6.78. The lowest BCUT2D eigenvalue weighted by Crippen LogP contribution is -2.11. The first-order chi connectivity index (χ1) is 17.2. The van der Waals surface area contributed by atoms with Crippen LogP contribution in [-0.4, -0.2) is 27.7 Å². The van der Waals surface area contributed by atoms with Crippen molar-refractivity contribution in [1.29, 1.82) is 0 Å². The third kappa shape index (κ3) is 23.1. The van der Waals surface area contributed by atoms with Crippen molar-refractivity contribution < 1.29 is 0 Å². The molecule has 0 saturated heterocycles. The van der Waals surface area contributed by atoms with Crippen molar-refractivity contribution >= 4 is 0 Å². The first kappa shape index (κ1) is 37.1. The summed E-state index contributed by atoms with van der Waals surface area (Å²) in [5.41, 5.74) is 4.07. The fourth-order valence-electron chi connectivity index (χ4n) is 2.62. The summed E-state index contributed by atoms with van der Waals surface area (Å²) in [5.74, 6) is 0. The van der Waals surface area contributed by atoms with E-state index in [4.69, 9.17) is 0 Å². The summed E-state index contributed by atoms with van der Waals surface area (Å²) in [7, 11) is 5.90. The van der Waals surface area contributed by atoms with Crippen LogP contribution >= 0.6 is 0 Å². The van der Waals surface area contributed by atoms with Crippen LogP contribution in [0.3, 0.4) is 0 Å². The fraction of sp³-hybridized carbons (Fsp3) is 0.438. The Kier molecular flexibility index (Phi) is 33.4. The van der Waals surface area contributed by atoms with Gasteiger partial charge in [0, 0.05) is 12.6 Å². The zero-order chi connectivity index (χ0) is 27.2. The Bertz CT molecular complexity index is 716. The molecule has 35 heavy (non-hydrogen) atoms. The van der Waals surface area contributed by atoms with Gasteiger partial charge < -0.3 is 16.0 Å². The maximum atomic E-state index is 3.18. The topological polar surface area (TPSA) is 36.1 Å². The molecule has 3 aromatic rings. The molecule has 3 nitrogen and oxygen atoms in total. The van der Waals surface area contributed by atoms with Crippen LogP contribution in [0.15, 0.2) is 91.0 Å². The van der Waals surface area contributed by atoms with E-state index in [0.717, 1.165) is 19.5 Å². The number of hydrogen-bond donors (Lipinski definition) is 3. The van der Waals surface area contributed by atoms with Gasteiger partial charge in [-0.2, -0.15) is 0 Å². The van der Waals surface area contributed by atoms with Crippen LogP contribution < -0.4 is 16.0 Å². The van der Waals surface area contributed by atoms with Gasteiger partial charge in [-0.25, -0.2) is 0 Å². The first-order valence-corrected chi connectivity index (χ1v) is 13.3. The maximum absolute atomic E-state index is 3.18. The molecule has 0 spiro atoms. The predicted molar refractivity (Wildman–Crippen MR) is 161 cm³/mol. The van der Waals surface area contributed by atoms with Crippen molar-refractivity contribution in [1.82, 2.24) is 16.0 Å². The van der Waals surface area contributed by atoms with Gasteiger partial charge in [0.25, 0.3) is 0 Å². The third-order valence-corrected chi connectivity index (χ3v) is 4.46. The minimum absolute atomic E-state index is 0.459. The van der Waals surface area contributed by atoms with Gasteiger partial charge in [-0.3, -0.25) is 0 Å². The molecule has 0 fully saturated rings. The monoisotopic (exact) mass is 481 g/mol.